The Morgan fingerprint density at radius 3 is 2.25 bits per heavy atom. The first kappa shape index (κ1) is 18.0. The molecule has 0 aliphatic carbocycles. The van der Waals surface area contributed by atoms with Crippen molar-refractivity contribution in [2.75, 3.05) is 5.32 Å². The minimum absolute atomic E-state index is 0.0690. The van der Waals surface area contributed by atoms with E-state index in [1.807, 2.05) is 45.0 Å². The maximum absolute atomic E-state index is 12.6. The Hall–Kier alpha value is -2.33. The van der Waals surface area contributed by atoms with Crippen molar-refractivity contribution < 1.29 is 9.59 Å². The summed E-state index contributed by atoms with van der Waals surface area (Å²) in [5, 5.41) is 6.01. The molecule has 0 aliphatic heterocycles. The van der Waals surface area contributed by atoms with E-state index in [0.717, 1.165) is 11.3 Å². The number of carbonyl (C=O) groups excluding carboxylic acids is 2. The molecule has 2 N–H and O–H groups in total. The standard InChI is InChI=1S/C19H21ClN2O2/c1-12(2)17(19(24)21-16-11-7-4-8-13(16)3)22-18(23)14-9-5-6-10-15(14)20/h4-12,17H,1-3H3,(H,21,24)(H,22,23). The molecule has 0 heterocycles. The molecular formula is C19H21ClN2O2. The third kappa shape index (κ3) is 4.36. The fourth-order valence-corrected chi connectivity index (χ4v) is 2.54. The lowest BCUT2D eigenvalue weighted by molar-refractivity contribution is -0.118. The van der Waals surface area contributed by atoms with Gasteiger partial charge in [-0.15, -0.1) is 0 Å². The Bertz CT molecular complexity index is 744. The summed E-state index contributed by atoms with van der Waals surface area (Å²) in [5.74, 6) is -0.681. The summed E-state index contributed by atoms with van der Waals surface area (Å²) in [7, 11) is 0. The molecule has 0 aliphatic rings. The number of carbonyl (C=O) groups is 2. The van der Waals surface area contributed by atoms with Crippen LogP contribution in [0.4, 0.5) is 5.69 Å². The van der Waals surface area contributed by atoms with Gasteiger partial charge in [0.1, 0.15) is 6.04 Å². The number of para-hydroxylation sites is 1. The monoisotopic (exact) mass is 344 g/mol. The summed E-state index contributed by atoms with van der Waals surface area (Å²) >= 11 is 6.05. The van der Waals surface area contributed by atoms with Crippen LogP contribution in [0.5, 0.6) is 0 Å². The molecule has 2 aromatic rings. The molecule has 0 saturated carbocycles. The maximum atomic E-state index is 12.6. The highest BCUT2D eigenvalue weighted by molar-refractivity contribution is 6.33. The highest BCUT2D eigenvalue weighted by atomic mass is 35.5. The number of amides is 2. The number of rotatable bonds is 5. The molecule has 0 radical (unpaired) electrons. The fourth-order valence-electron chi connectivity index (χ4n) is 2.32. The van der Waals surface area contributed by atoms with Gasteiger partial charge in [-0.2, -0.15) is 0 Å². The van der Waals surface area contributed by atoms with Gasteiger partial charge in [-0.3, -0.25) is 9.59 Å². The normalized spacial score (nSPS) is 11.9. The number of aryl methyl sites for hydroxylation is 1. The summed E-state index contributed by atoms with van der Waals surface area (Å²) in [6.07, 6.45) is 0. The third-order valence-corrected chi connectivity index (χ3v) is 4.09. The number of hydrogen-bond acceptors (Lipinski definition) is 2. The van der Waals surface area contributed by atoms with Crippen LogP contribution < -0.4 is 10.6 Å². The van der Waals surface area contributed by atoms with E-state index >= 15 is 0 Å². The summed E-state index contributed by atoms with van der Waals surface area (Å²) in [5.41, 5.74) is 2.06. The largest absolute Gasteiger partial charge is 0.340 e. The Kier molecular flexibility index (Phi) is 5.99. The molecule has 24 heavy (non-hydrogen) atoms. The zero-order chi connectivity index (χ0) is 17.7. The van der Waals surface area contributed by atoms with Crippen LogP contribution in [0, 0.1) is 12.8 Å². The Morgan fingerprint density at radius 1 is 1.00 bits per heavy atom. The lowest BCUT2D eigenvalue weighted by Crippen LogP contribution is -2.47. The van der Waals surface area contributed by atoms with E-state index in [2.05, 4.69) is 10.6 Å². The molecule has 1 unspecified atom stereocenters. The SMILES string of the molecule is Cc1ccccc1NC(=O)C(NC(=O)c1ccccc1Cl)C(C)C. The van der Waals surface area contributed by atoms with E-state index in [1.165, 1.54) is 0 Å². The van der Waals surface area contributed by atoms with E-state index in [9.17, 15) is 9.59 Å². The molecule has 4 nitrogen and oxygen atoms in total. The van der Waals surface area contributed by atoms with Crippen LogP contribution in [-0.2, 0) is 4.79 Å². The molecule has 0 bridgehead atoms. The molecule has 0 spiro atoms. The molecular weight excluding hydrogens is 324 g/mol. The van der Waals surface area contributed by atoms with Crippen LogP contribution >= 0.6 is 11.6 Å². The van der Waals surface area contributed by atoms with Crippen molar-refractivity contribution in [2.45, 2.75) is 26.8 Å². The van der Waals surface area contributed by atoms with Crippen LogP contribution in [0.2, 0.25) is 5.02 Å². The van der Waals surface area contributed by atoms with Gasteiger partial charge < -0.3 is 10.6 Å². The molecule has 0 fully saturated rings. The van der Waals surface area contributed by atoms with Gasteiger partial charge >= 0.3 is 0 Å². The molecule has 2 aromatic carbocycles. The maximum Gasteiger partial charge on any atom is 0.253 e. The van der Waals surface area contributed by atoms with Gasteiger partial charge in [0.05, 0.1) is 10.6 Å². The molecule has 126 valence electrons. The van der Waals surface area contributed by atoms with Gasteiger partial charge in [-0.05, 0) is 36.6 Å². The van der Waals surface area contributed by atoms with Gasteiger partial charge in [-0.25, -0.2) is 0 Å². The summed E-state index contributed by atoms with van der Waals surface area (Å²) < 4.78 is 0. The summed E-state index contributed by atoms with van der Waals surface area (Å²) in [6, 6.07) is 13.6. The van der Waals surface area contributed by atoms with E-state index in [0.29, 0.717) is 10.6 Å². The van der Waals surface area contributed by atoms with Crippen LogP contribution in [-0.4, -0.2) is 17.9 Å². The predicted molar refractivity (Wildman–Crippen MR) is 97.4 cm³/mol. The molecule has 2 amide bonds. The fraction of sp³-hybridized carbons (Fsp3) is 0.263. The van der Waals surface area contributed by atoms with Gasteiger partial charge in [0.15, 0.2) is 0 Å². The van der Waals surface area contributed by atoms with Crippen LogP contribution in [0.25, 0.3) is 0 Å². The number of anilines is 1. The first-order chi connectivity index (χ1) is 11.4. The van der Waals surface area contributed by atoms with Crippen molar-refractivity contribution in [3.05, 3.63) is 64.7 Å². The summed E-state index contributed by atoms with van der Waals surface area (Å²) in [4.78, 5) is 25.0. The average molecular weight is 345 g/mol. The van der Waals surface area contributed by atoms with Crippen molar-refractivity contribution in [3.8, 4) is 0 Å². The first-order valence-corrected chi connectivity index (χ1v) is 8.20. The highest BCUT2D eigenvalue weighted by Crippen LogP contribution is 2.17. The van der Waals surface area contributed by atoms with Crippen molar-refractivity contribution in [1.82, 2.24) is 5.32 Å². The first-order valence-electron chi connectivity index (χ1n) is 7.82. The second-order valence-corrected chi connectivity index (χ2v) is 6.39. The third-order valence-electron chi connectivity index (χ3n) is 3.76. The minimum Gasteiger partial charge on any atom is -0.340 e. The van der Waals surface area contributed by atoms with E-state index in [1.54, 1.807) is 24.3 Å². The average Bonchev–Trinajstić information content (AvgIpc) is 2.54. The van der Waals surface area contributed by atoms with Gasteiger partial charge in [0.2, 0.25) is 5.91 Å². The van der Waals surface area contributed by atoms with E-state index in [4.69, 9.17) is 11.6 Å². The zero-order valence-electron chi connectivity index (χ0n) is 14.0. The van der Waals surface area contributed by atoms with Crippen LogP contribution in [0.15, 0.2) is 48.5 Å². The van der Waals surface area contributed by atoms with E-state index < -0.39 is 6.04 Å². The van der Waals surface area contributed by atoms with Crippen molar-refractivity contribution in [1.29, 1.82) is 0 Å². The van der Waals surface area contributed by atoms with Crippen LogP contribution in [0.1, 0.15) is 29.8 Å². The van der Waals surface area contributed by atoms with Crippen molar-refractivity contribution in [3.63, 3.8) is 0 Å². The minimum atomic E-state index is -0.659. The smallest absolute Gasteiger partial charge is 0.253 e. The summed E-state index contributed by atoms with van der Waals surface area (Å²) in [6.45, 7) is 5.69. The number of halogens is 1. The Morgan fingerprint density at radius 2 is 1.62 bits per heavy atom. The molecule has 2 rings (SSSR count). The molecule has 0 saturated heterocycles. The predicted octanol–water partition coefficient (Wildman–Crippen LogP) is 4.04. The van der Waals surface area contributed by atoms with Gasteiger partial charge in [-0.1, -0.05) is 55.8 Å². The molecule has 5 heteroatoms. The lowest BCUT2D eigenvalue weighted by Gasteiger charge is -2.22. The number of benzene rings is 2. The van der Waals surface area contributed by atoms with E-state index in [-0.39, 0.29) is 17.7 Å². The number of hydrogen-bond donors (Lipinski definition) is 2. The van der Waals surface area contributed by atoms with Gasteiger partial charge in [0.25, 0.3) is 5.91 Å². The second-order valence-electron chi connectivity index (χ2n) is 5.98. The molecule has 1 atom stereocenters. The Labute approximate surface area is 147 Å². The lowest BCUT2D eigenvalue weighted by atomic mass is 10.0. The zero-order valence-corrected chi connectivity index (χ0v) is 14.7. The number of nitrogens with one attached hydrogen (secondary N) is 2. The quantitative estimate of drug-likeness (QED) is 0.860. The highest BCUT2D eigenvalue weighted by Gasteiger charge is 2.25. The topological polar surface area (TPSA) is 58.2 Å². The van der Waals surface area contributed by atoms with Crippen molar-refractivity contribution in [2.24, 2.45) is 5.92 Å². The van der Waals surface area contributed by atoms with Crippen LogP contribution in [0.3, 0.4) is 0 Å². The van der Waals surface area contributed by atoms with Crippen molar-refractivity contribution >= 4 is 29.1 Å². The Balaban J connectivity index is 2.15. The van der Waals surface area contributed by atoms with Gasteiger partial charge in [0, 0.05) is 5.69 Å². The second kappa shape index (κ2) is 7.97. The molecule has 0 aromatic heterocycles.